The standard InChI is InChI=1S/C10H19N3O2/c1-14-7-5-13-9-10(8-12-13)15-6-3-2-4-11/h8-9H,2-7,11H2,1H3. The summed E-state index contributed by atoms with van der Waals surface area (Å²) in [5, 5.41) is 4.14. The molecule has 0 aromatic carbocycles. The summed E-state index contributed by atoms with van der Waals surface area (Å²) in [6.45, 7) is 2.83. The molecule has 0 radical (unpaired) electrons. The maximum Gasteiger partial charge on any atom is 0.157 e. The van der Waals surface area contributed by atoms with Crippen LogP contribution in [0.4, 0.5) is 0 Å². The molecule has 0 atom stereocenters. The van der Waals surface area contributed by atoms with Crippen LogP contribution in [0.2, 0.25) is 0 Å². The number of hydrogen-bond acceptors (Lipinski definition) is 4. The van der Waals surface area contributed by atoms with Crippen molar-refractivity contribution in [2.24, 2.45) is 5.73 Å². The molecule has 0 aliphatic rings. The van der Waals surface area contributed by atoms with Gasteiger partial charge in [0, 0.05) is 7.11 Å². The Morgan fingerprint density at radius 1 is 1.40 bits per heavy atom. The van der Waals surface area contributed by atoms with Crippen LogP contribution in [0.25, 0.3) is 0 Å². The Kier molecular flexibility index (Phi) is 5.80. The molecule has 0 unspecified atom stereocenters. The first-order valence-corrected chi connectivity index (χ1v) is 5.21. The van der Waals surface area contributed by atoms with Crippen molar-refractivity contribution in [1.82, 2.24) is 9.78 Å². The maximum atomic E-state index is 5.49. The van der Waals surface area contributed by atoms with E-state index in [2.05, 4.69) is 5.10 Å². The fraction of sp³-hybridized carbons (Fsp3) is 0.700. The molecular formula is C10H19N3O2. The van der Waals surface area contributed by atoms with Gasteiger partial charge in [0.25, 0.3) is 0 Å². The summed E-state index contributed by atoms with van der Waals surface area (Å²) < 4.78 is 12.2. The van der Waals surface area contributed by atoms with Crippen LogP contribution in [0.15, 0.2) is 12.4 Å². The fourth-order valence-electron chi connectivity index (χ4n) is 1.16. The quantitative estimate of drug-likeness (QED) is 0.644. The molecule has 1 aromatic rings. The third-order valence-electron chi connectivity index (χ3n) is 2.00. The van der Waals surface area contributed by atoms with Crippen molar-refractivity contribution in [2.45, 2.75) is 19.4 Å². The molecule has 0 saturated heterocycles. The molecule has 0 aliphatic carbocycles. The van der Waals surface area contributed by atoms with E-state index in [0.29, 0.717) is 13.2 Å². The Hall–Kier alpha value is -1.07. The lowest BCUT2D eigenvalue weighted by molar-refractivity contribution is 0.183. The van der Waals surface area contributed by atoms with Gasteiger partial charge >= 0.3 is 0 Å². The van der Waals surface area contributed by atoms with E-state index in [4.69, 9.17) is 15.2 Å². The van der Waals surface area contributed by atoms with Gasteiger partial charge in [0.2, 0.25) is 0 Å². The second-order valence-electron chi connectivity index (χ2n) is 3.28. The van der Waals surface area contributed by atoms with Crippen LogP contribution >= 0.6 is 0 Å². The summed E-state index contributed by atoms with van der Waals surface area (Å²) in [6, 6.07) is 0. The summed E-state index contributed by atoms with van der Waals surface area (Å²) in [6.07, 6.45) is 5.58. The maximum absolute atomic E-state index is 5.49. The largest absolute Gasteiger partial charge is 0.490 e. The lowest BCUT2D eigenvalue weighted by Crippen LogP contribution is -2.04. The van der Waals surface area contributed by atoms with Crippen LogP contribution in [0.5, 0.6) is 5.75 Å². The van der Waals surface area contributed by atoms with Crippen LogP contribution in [0, 0.1) is 0 Å². The molecule has 15 heavy (non-hydrogen) atoms. The fourth-order valence-corrected chi connectivity index (χ4v) is 1.16. The third-order valence-corrected chi connectivity index (χ3v) is 2.00. The first-order chi connectivity index (χ1) is 7.36. The Bertz CT molecular complexity index is 263. The van der Waals surface area contributed by atoms with E-state index in [1.54, 1.807) is 13.3 Å². The lowest BCUT2D eigenvalue weighted by Gasteiger charge is -2.01. The smallest absolute Gasteiger partial charge is 0.157 e. The van der Waals surface area contributed by atoms with Gasteiger partial charge in [0.15, 0.2) is 5.75 Å². The molecule has 1 rings (SSSR count). The highest BCUT2D eigenvalue weighted by molar-refractivity contribution is 5.11. The molecule has 0 amide bonds. The van der Waals surface area contributed by atoms with Crippen LogP contribution in [-0.2, 0) is 11.3 Å². The van der Waals surface area contributed by atoms with Gasteiger partial charge in [0.05, 0.1) is 32.2 Å². The van der Waals surface area contributed by atoms with Gasteiger partial charge in [-0.25, -0.2) is 0 Å². The molecule has 5 nitrogen and oxygen atoms in total. The number of rotatable bonds is 8. The van der Waals surface area contributed by atoms with Crippen molar-refractivity contribution < 1.29 is 9.47 Å². The molecule has 1 aromatic heterocycles. The van der Waals surface area contributed by atoms with Crippen molar-refractivity contribution in [3.8, 4) is 5.75 Å². The molecule has 0 fully saturated rings. The average Bonchev–Trinajstić information content (AvgIpc) is 2.69. The van der Waals surface area contributed by atoms with Crippen molar-refractivity contribution in [3.63, 3.8) is 0 Å². The molecule has 0 spiro atoms. The topological polar surface area (TPSA) is 62.3 Å². The number of nitrogens with zero attached hydrogens (tertiary/aromatic N) is 2. The monoisotopic (exact) mass is 213 g/mol. The summed E-state index contributed by atoms with van der Waals surface area (Å²) >= 11 is 0. The number of hydrogen-bond donors (Lipinski definition) is 1. The second kappa shape index (κ2) is 7.25. The summed E-state index contributed by atoms with van der Waals surface area (Å²) in [7, 11) is 1.67. The van der Waals surface area contributed by atoms with Gasteiger partial charge in [-0.3, -0.25) is 4.68 Å². The molecular weight excluding hydrogens is 194 g/mol. The highest BCUT2D eigenvalue weighted by Crippen LogP contribution is 2.08. The van der Waals surface area contributed by atoms with E-state index in [9.17, 15) is 0 Å². The zero-order valence-electron chi connectivity index (χ0n) is 9.19. The van der Waals surface area contributed by atoms with Gasteiger partial charge < -0.3 is 15.2 Å². The SMILES string of the molecule is COCCn1cc(OCCCCN)cn1. The molecule has 2 N–H and O–H groups in total. The third kappa shape index (κ3) is 4.80. The van der Waals surface area contributed by atoms with Crippen molar-refractivity contribution in [1.29, 1.82) is 0 Å². The van der Waals surface area contributed by atoms with Gasteiger partial charge in [-0.2, -0.15) is 5.10 Å². The highest BCUT2D eigenvalue weighted by Gasteiger charge is 1.98. The van der Waals surface area contributed by atoms with Crippen LogP contribution in [-0.4, -0.2) is 36.6 Å². The van der Waals surface area contributed by atoms with E-state index in [1.807, 2.05) is 10.9 Å². The van der Waals surface area contributed by atoms with Crippen LogP contribution in [0.3, 0.4) is 0 Å². The minimum atomic E-state index is 0.661. The minimum absolute atomic E-state index is 0.661. The number of unbranched alkanes of at least 4 members (excludes halogenated alkanes) is 1. The number of aromatic nitrogens is 2. The van der Waals surface area contributed by atoms with Gasteiger partial charge in [-0.15, -0.1) is 0 Å². The Morgan fingerprint density at radius 3 is 3.00 bits per heavy atom. The molecule has 1 heterocycles. The zero-order valence-corrected chi connectivity index (χ0v) is 9.19. The second-order valence-corrected chi connectivity index (χ2v) is 3.28. The van der Waals surface area contributed by atoms with Gasteiger partial charge in [0.1, 0.15) is 0 Å². The number of ether oxygens (including phenoxy) is 2. The van der Waals surface area contributed by atoms with E-state index in [1.165, 1.54) is 0 Å². The summed E-state index contributed by atoms with van der Waals surface area (Å²) in [5.74, 6) is 0.808. The Balaban J connectivity index is 2.20. The van der Waals surface area contributed by atoms with Crippen molar-refractivity contribution >= 4 is 0 Å². The highest BCUT2D eigenvalue weighted by atomic mass is 16.5. The number of nitrogens with two attached hydrogens (primary N) is 1. The average molecular weight is 213 g/mol. The van der Waals surface area contributed by atoms with Crippen molar-refractivity contribution in [3.05, 3.63) is 12.4 Å². The molecule has 5 heteroatoms. The van der Waals surface area contributed by atoms with E-state index < -0.39 is 0 Å². The Labute approximate surface area is 90.2 Å². The zero-order chi connectivity index (χ0) is 10.9. The van der Waals surface area contributed by atoms with Crippen LogP contribution < -0.4 is 10.5 Å². The molecule has 86 valence electrons. The lowest BCUT2D eigenvalue weighted by atomic mass is 10.3. The molecule has 0 aliphatic heterocycles. The normalized spacial score (nSPS) is 10.5. The summed E-state index contributed by atoms with van der Waals surface area (Å²) in [5.41, 5.74) is 5.38. The van der Waals surface area contributed by atoms with Crippen LogP contribution in [0.1, 0.15) is 12.8 Å². The van der Waals surface area contributed by atoms with Crippen molar-refractivity contribution in [2.75, 3.05) is 26.9 Å². The predicted molar refractivity (Wildman–Crippen MR) is 57.9 cm³/mol. The first-order valence-electron chi connectivity index (χ1n) is 5.21. The molecule has 0 bridgehead atoms. The van der Waals surface area contributed by atoms with E-state index in [-0.39, 0.29) is 0 Å². The number of methoxy groups -OCH3 is 1. The van der Waals surface area contributed by atoms with Gasteiger partial charge in [-0.05, 0) is 19.4 Å². The van der Waals surface area contributed by atoms with E-state index >= 15 is 0 Å². The van der Waals surface area contributed by atoms with E-state index in [0.717, 1.165) is 31.7 Å². The Morgan fingerprint density at radius 2 is 2.27 bits per heavy atom. The summed E-state index contributed by atoms with van der Waals surface area (Å²) in [4.78, 5) is 0. The molecule has 0 saturated carbocycles. The minimum Gasteiger partial charge on any atom is -0.490 e. The predicted octanol–water partition coefficient (Wildman–Crippen LogP) is 0.647. The van der Waals surface area contributed by atoms with Gasteiger partial charge in [-0.1, -0.05) is 0 Å². The first kappa shape index (κ1) is 12.0.